The second kappa shape index (κ2) is 10.6. The highest BCUT2D eigenvalue weighted by Crippen LogP contribution is 2.20. The van der Waals surface area contributed by atoms with Crippen LogP contribution in [-0.4, -0.2) is 25.0 Å². The van der Waals surface area contributed by atoms with Crippen molar-refractivity contribution in [1.82, 2.24) is 10.9 Å². The molecule has 2 aromatic carbocycles. The van der Waals surface area contributed by atoms with Crippen LogP contribution in [0.25, 0.3) is 0 Å². The Hall–Kier alpha value is -2.73. The first-order chi connectivity index (χ1) is 13.3. The molecule has 0 fully saturated rings. The maximum Gasteiger partial charge on any atom is 0.276 e. The number of carbonyl (C=O) groups is 2. The minimum Gasteiger partial charge on any atom is -0.494 e. The fourth-order valence-corrected chi connectivity index (χ4v) is 2.35. The van der Waals surface area contributed by atoms with Gasteiger partial charge in [-0.3, -0.25) is 20.4 Å². The molecule has 0 unspecified atom stereocenters. The lowest BCUT2D eigenvalue weighted by Gasteiger charge is -2.11. The molecule has 0 spiro atoms. The lowest BCUT2D eigenvalue weighted by atomic mass is 10.1. The third-order valence-electron chi connectivity index (χ3n) is 3.87. The number of halogens is 1. The van der Waals surface area contributed by atoms with Crippen LogP contribution in [0.1, 0.15) is 36.2 Å². The summed E-state index contributed by atoms with van der Waals surface area (Å²) in [4.78, 5) is 24.1. The number of amides is 2. The molecule has 0 bridgehead atoms. The first-order valence-electron chi connectivity index (χ1n) is 9.06. The number of ether oxygens (including phenoxy) is 2. The maximum absolute atomic E-state index is 12.2. The van der Waals surface area contributed by atoms with Crippen LogP contribution in [0.2, 0.25) is 5.02 Å². The highest BCUT2D eigenvalue weighted by atomic mass is 35.5. The maximum atomic E-state index is 12.2. The normalized spacial score (nSPS) is 10.5. The van der Waals surface area contributed by atoms with Crippen molar-refractivity contribution in [2.24, 2.45) is 5.92 Å². The van der Waals surface area contributed by atoms with Gasteiger partial charge in [-0.25, -0.2) is 0 Å². The Bertz CT molecular complexity index is 824. The van der Waals surface area contributed by atoms with Crippen molar-refractivity contribution < 1.29 is 19.1 Å². The molecule has 0 atom stereocenters. The van der Waals surface area contributed by atoms with Crippen LogP contribution in [0.15, 0.2) is 42.5 Å². The van der Waals surface area contributed by atoms with E-state index in [-0.39, 0.29) is 6.61 Å². The van der Waals surface area contributed by atoms with E-state index in [1.807, 2.05) is 6.92 Å². The van der Waals surface area contributed by atoms with Gasteiger partial charge in [0, 0.05) is 10.6 Å². The van der Waals surface area contributed by atoms with Crippen LogP contribution in [0, 0.1) is 12.8 Å². The Labute approximate surface area is 170 Å². The summed E-state index contributed by atoms with van der Waals surface area (Å²) in [6, 6.07) is 11.9. The zero-order valence-electron chi connectivity index (χ0n) is 16.3. The van der Waals surface area contributed by atoms with Gasteiger partial charge in [-0.05, 0) is 61.2 Å². The number of hydrogen-bond donors (Lipinski definition) is 2. The summed E-state index contributed by atoms with van der Waals surface area (Å²) in [6.07, 6.45) is 0.930. The topological polar surface area (TPSA) is 76.7 Å². The zero-order chi connectivity index (χ0) is 20.5. The lowest BCUT2D eigenvalue weighted by molar-refractivity contribution is -0.123. The molecule has 0 aliphatic rings. The number of hydrazine groups is 1. The molecule has 0 radical (unpaired) electrons. The number of rotatable bonds is 8. The molecule has 0 aliphatic carbocycles. The molecule has 7 heteroatoms. The Morgan fingerprint density at radius 2 is 1.79 bits per heavy atom. The predicted octanol–water partition coefficient (Wildman–Crippen LogP) is 3.91. The van der Waals surface area contributed by atoms with Gasteiger partial charge in [0.05, 0.1) is 6.61 Å². The Kier molecular flexibility index (Phi) is 8.14. The molecule has 2 N–H and O–H groups in total. The van der Waals surface area contributed by atoms with Gasteiger partial charge in [0.1, 0.15) is 11.5 Å². The second-order valence-electron chi connectivity index (χ2n) is 6.76. The van der Waals surface area contributed by atoms with Crippen molar-refractivity contribution >= 4 is 23.4 Å². The molecule has 2 amide bonds. The van der Waals surface area contributed by atoms with E-state index in [0.717, 1.165) is 12.0 Å². The van der Waals surface area contributed by atoms with Gasteiger partial charge in [-0.2, -0.15) is 0 Å². The number of benzene rings is 2. The number of carbonyl (C=O) groups excluding carboxylic acids is 2. The molecule has 0 saturated heterocycles. The highest BCUT2D eigenvalue weighted by Gasteiger charge is 2.09. The molecule has 2 rings (SSSR count). The van der Waals surface area contributed by atoms with E-state index in [9.17, 15) is 9.59 Å². The summed E-state index contributed by atoms with van der Waals surface area (Å²) in [5, 5.41) is 0.625. The van der Waals surface area contributed by atoms with Crippen LogP contribution in [0.3, 0.4) is 0 Å². The van der Waals surface area contributed by atoms with Crippen molar-refractivity contribution in [2.45, 2.75) is 27.2 Å². The molecule has 6 nitrogen and oxygen atoms in total. The quantitative estimate of drug-likeness (QED) is 0.654. The second-order valence-corrected chi connectivity index (χ2v) is 7.17. The molecular weight excluding hydrogens is 380 g/mol. The van der Waals surface area contributed by atoms with Crippen LogP contribution >= 0.6 is 11.6 Å². The van der Waals surface area contributed by atoms with Crippen molar-refractivity contribution in [2.75, 3.05) is 13.2 Å². The fraction of sp³-hybridized carbons (Fsp3) is 0.333. The van der Waals surface area contributed by atoms with Crippen LogP contribution < -0.4 is 20.3 Å². The van der Waals surface area contributed by atoms with E-state index in [1.54, 1.807) is 42.5 Å². The van der Waals surface area contributed by atoms with Gasteiger partial charge in [0.2, 0.25) is 0 Å². The summed E-state index contributed by atoms with van der Waals surface area (Å²) < 4.78 is 11.0. The number of nitrogens with one attached hydrogen (secondary N) is 2. The van der Waals surface area contributed by atoms with Crippen LogP contribution in [0.5, 0.6) is 11.5 Å². The van der Waals surface area contributed by atoms with Crippen molar-refractivity contribution in [3.8, 4) is 11.5 Å². The zero-order valence-corrected chi connectivity index (χ0v) is 17.0. The summed E-state index contributed by atoms with van der Waals surface area (Å²) in [6.45, 7) is 6.43. The summed E-state index contributed by atoms with van der Waals surface area (Å²) in [7, 11) is 0. The third-order valence-corrected chi connectivity index (χ3v) is 4.30. The monoisotopic (exact) mass is 404 g/mol. The standard InChI is InChI=1S/C21H25ClN2O4/c1-14(2)9-10-27-17-6-4-5-16(12-17)21(26)24-23-20(25)13-28-18-7-8-19(22)15(3)11-18/h4-8,11-12,14H,9-10,13H2,1-3H3,(H,23,25)(H,24,26). The largest absolute Gasteiger partial charge is 0.494 e. The molecule has 2 aromatic rings. The average Bonchev–Trinajstić information content (AvgIpc) is 2.67. The average molecular weight is 405 g/mol. The third kappa shape index (κ3) is 7.12. The van der Waals surface area contributed by atoms with Gasteiger partial charge in [0.15, 0.2) is 6.61 Å². The SMILES string of the molecule is Cc1cc(OCC(=O)NNC(=O)c2cccc(OCCC(C)C)c2)ccc1Cl. The van der Waals surface area contributed by atoms with Gasteiger partial charge in [0.25, 0.3) is 11.8 Å². The molecule has 0 heterocycles. The molecule has 0 aliphatic heterocycles. The highest BCUT2D eigenvalue weighted by molar-refractivity contribution is 6.31. The van der Waals surface area contributed by atoms with E-state index in [1.165, 1.54) is 0 Å². The smallest absolute Gasteiger partial charge is 0.276 e. The molecule has 150 valence electrons. The van der Waals surface area contributed by atoms with Gasteiger partial charge < -0.3 is 9.47 Å². The first kappa shape index (κ1) is 21.6. The van der Waals surface area contributed by atoms with E-state index in [4.69, 9.17) is 21.1 Å². The summed E-state index contributed by atoms with van der Waals surface area (Å²) >= 11 is 5.95. The van der Waals surface area contributed by atoms with Crippen molar-refractivity contribution in [1.29, 1.82) is 0 Å². The minimum absolute atomic E-state index is 0.236. The van der Waals surface area contributed by atoms with E-state index < -0.39 is 11.8 Å². The Morgan fingerprint density at radius 1 is 1.04 bits per heavy atom. The predicted molar refractivity (Wildman–Crippen MR) is 109 cm³/mol. The Balaban J connectivity index is 1.79. The summed E-state index contributed by atoms with van der Waals surface area (Å²) in [5.41, 5.74) is 5.92. The minimum atomic E-state index is -0.481. The first-order valence-corrected chi connectivity index (χ1v) is 9.44. The van der Waals surface area contributed by atoms with Crippen LogP contribution in [-0.2, 0) is 4.79 Å². The van der Waals surface area contributed by atoms with E-state index in [2.05, 4.69) is 24.7 Å². The molecule has 28 heavy (non-hydrogen) atoms. The molecule has 0 aromatic heterocycles. The van der Waals surface area contributed by atoms with Gasteiger partial charge >= 0.3 is 0 Å². The van der Waals surface area contributed by atoms with E-state index >= 15 is 0 Å². The number of aryl methyl sites for hydroxylation is 1. The van der Waals surface area contributed by atoms with Gasteiger partial charge in [-0.1, -0.05) is 31.5 Å². The van der Waals surface area contributed by atoms with Crippen LogP contribution in [0.4, 0.5) is 0 Å². The summed E-state index contributed by atoms with van der Waals surface area (Å²) in [5.74, 6) is 0.756. The van der Waals surface area contributed by atoms with Crippen molar-refractivity contribution in [3.63, 3.8) is 0 Å². The molecular formula is C21H25ClN2O4. The van der Waals surface area contributed by atoms with E-state index in [0.29, 0.717) is 34.6 Å². The fourth-order valence-electron chi connectivity index (χ4n) is 2.23. The molecule has 0 saturated carbocycles. The Morgan fingerprint density at radius 3 is 2.50 bits per heavy atom. The lowest BCUT2D eigenvalue weighted by Crippen LogP contribution is -2.43. The van der Waals surface area contributed by atoms with Gasteiger partial charge in [-0.15, -0.1) is 0 Å². The number of hydrogen-bond acceptors (Lipinski definition) is 4. The van der Waals surface area contributed by atoms with Crippen molar-refractivity contribution in [3.05, 3.63) is 58.6 Å².